The molecule has 5 aromatic rings. The Morgan fingerprint density at radius 1 is 1.05 bits per heavy atom. The highest BCUT2D eigenvalue weighted by Gasteiger charge is 2.25. The highest BCUT2D eigenvalue weighted by atomic mass is 16.5. The van der Waals surface area contributed by atoms with E-state index in [9.17, 15) is 9.90 Å². The average molecular weight is 582 g/mol. The van der Waals surface area contributed by atoms with Crippen LogP contribution >= 0.6 is 0 Å². The van der Waals surface area contributed by atoms with Crippen molar-refractivity contribution >= 4 is 27.8 Å². The molecule has 0 atom stereocenters. The quantitative estimate of drug-likeness (QED) is 0.211. The first-order chi connectivity index (χ1) is 20.4. The number of carbonyl (C=O) groups is 1. The minimum Gasteiger partial charge on any atom is -0.496 e. The molecule has 0 aliphatic heterocycles. The number of ether oxygens (including phenoxy) is 1. The van der Waals surface area contributed by atoms with Crippen molar-refractivity contribution in [3.8, 4) is 28.1 Å². The van der Waals surface area contributed by atoms with Crippen molar-refractivity contribution in [2.45, 2.75) is 84.8 Å². The Hall–Kier alpha value is -4.24. The Bertz CT molecular complexity index is 1840. The van der Waals surface area contributed by atoms with Crippen molar-refractivity contribution in [2.24, 2.45) is 0 Å². The summed E-state index contributed by atoms with van der Waals surface area (Å²) in [4.78, 5) is 26.8. The lowest BCUT2D eigenvalue weighted by molar-refractivity contribution is 0.0867. The number of amides is 1. The van der Waals surface area contributed by atoms with Gasteiger partial charge in [0.15, 0.2) is 0 Å². The summed E-state index contributed by atoms with van der Waals surface area (Å²) < 4.78 is 11.3. The highest BCUT2D eigenvalue weighted by molar-refractivity contribution is 6.14. The van der Waals surface area contributed by atoms with Gasteiger partial charge in [-0.05, 0) is 87.8 Å². The van der Waals surface area contributed by atoms with Crippen LogP contribution in [0.5, 0.6) is 5.75 Å². The van der Waals surface area contributed by atoms with Gasteiger partial charge in [0.25, 0.3) is 5.91 Å². The van der Waals surface area contributed by atoms with Gasteiger partial charge >= 0.3 is 0 Å². The van der Waals surface area contributed by atoms with Crippen LogP contribution in [-0.4, -0.2) is 50.4 Å². The summed E-state index contributed by atoms with van der Waals surface area (Å²) in [6.07, 6.45) is 2.69. The first-order valence-electron chi connectivity index (χ1n) is 14.9. The molecule has 6 rings (SSSR count). The van der Waals surface area contributed by atoms with Crippen LogP contribution in [0.25, 0.3) is 44.3 Å². The van der Waals surface area contributed by atoms with E-state index in [2.05, 4.69) is 42.3 Å². The van der Waals surface area contributed by atoms with Gasteiger partial charge in [0, 0.05) is 33.6 Å². The van der Waals surface area contributed by atoms with Gasteiger partial charge in [-0.2, -0.15) is 0 Å². The number of aromatic nitrogens is 4. The summed E-state index contributed by atoms with van der Waals surface area (Å²) in [5.41, 5.74) is 7.20. The fraction of sp³-hybridized carbons (Fsp3) is 0.412. The molecule has 1 amide bonds. The Morgan fingerprint density at radius 3 is 2.44 bits per heavy atom. The summed E-state index contributed by atoms with van der Waals surface area (Å²) in [6, 6.07) is 10.2. The lowest BCUT2D eigenvalue weighted by Crippen LogP contribution is -2.38. The van der Waals surface area contributed by atoms with Crippen LogP contribution in [-0.2, 0) is 5.41 Å². The van der Waals surface area contributed by atoms with E-state index < -0.39 is 0 Å². The standard InChI is InChI=1S/C34H39N5O4/c1-17-29(18(2)43-39-17)26-15-27-25(16-28(26)42-7)30-31(35-19(3)36-32(30)38-27)20-12-21(14-22(13-20)34(4,5)6)33(41)37-23-8-10-24(40)11-9-23/h12-16,23-24,40H,8-11H2,1-7H3,(H,37,41)(H,35,36,38)/t23-,24+. The van der Waals surface area contributed by atoms with Gasteiger partial charge in [0.05, 0.1) is 35.6 Å². The molecule has 1 aliphatic rings. The number of aliphatic hydroxyl groups is 1. The third-order valence-corrected chi connectivity index (χ3v) is 8.55. The Labute approximate surface area is 251 Å². The smallest absolute Gasteiger partial charge is 0.251 e. The van der Waals surface area contributed by atoms with Crippen molar-refractivity contribution < 1.29 is 19.2 Å². The fourth-order valence-corrected chi connectivity index (χ4v) is 6.19. The molecule has 3 aromatic heterocycles. The molecule has 1 saturated carbocycles. The average Bonchev–Trinajstić information content (AvgIpc) is 3.49. The van der Waals surface area contributed by atoms with Crippen LogP contribution < -0.4 is 10.1 Å². The van der Waals surface area contributed by atoms with Crippen LogP contribution in [0.3, 0.4) is 0 Å². The molecule has 2 aromatic carbocycles. The van der Waals surface area contributed by atoms with Gasteiger partial charge in [-0.3, -0.25) is 4.79 Å². The van der Waals surface area contributed by atoms with E-state index in [0.29, 0.717) is 35.6 Å². The predicted molar refractivity (Wildman–Crippen MR) is 168 cm³/mol. The third-order valence-electron chi connectivity index (χ3n) is 8.55. The lowest BCUT2D eigenvalue weighted by atomic mass is 9.84. The normalized spacial score (nSPS) is 17.5. The molecule has 0 unspecified atom stereocenters. The van der Waals surface area contributed by atoms with Crippen molar-refractivity contribution in [3.05, 3.63) is 58.7 Å². The highest BCUT2D eigenvalue weighted by Crippen LogP contribution is 2.42. The van der Waals surface area contributed by atoms with Crippen LogP contribution in [0.4, 0.5) is 0 Å². The van der Waals surface area contributed by atoms with Crippen molar-refractivity contribution in [3.63, 3.8) is 0 Å². The lowest BCUT2D eigenvalue weighted by Gasteiger charge is -2.27. The number of carbonyl (C=O) groups excluding carboxylic acids is 1. The molecule has 9 heteroatoms. The number of methoxy groups -OCH3 is 1. The van der Waals surface area contributed by atoms with Crippen LogP contribution in [0.2, 0.25) is 0 Å². The second kappa shape index (κ2) is 10.8. The van der Waals surface area contributed by atoms with E-state index in [-0.39, 0.29) is 23.5 Å². The van der Waals surface area contributed by atoms with Gasteiger partial charge < -0.3 is 24.7 Å². The third kappa shape index (κ3) is 5.38. The number of aryl methyl sites for hydroxylation is 3. The monoisotopic (exact) mass is 581 g/mol. The Morgan fingerprint density at radius 2 is 1.79 bits per heavy atom. The summed E-state index contributed by atoms with van der Waals surface area (Å²) in [5.74, 6) is 1.92. The second-order valence-electron chi connectivity index (χ2n) is 12.8. The summed E-state index contributed by atoms with van der Waals surface area (Å²) in [6.45, 7) is 12.1. The predicted octanol–water partition coefficient (Wildman–Crippen LogP) is 6.70. The molecule has 0 radical (unpaired) electrons. The largest absolute Gasteiger partial charge is 0.496 e. The van der Waals surface area contributed by atoms with E-state index in [1.807, 2.05) is 45.0 Å². The molecule has 0 saturated heterocycles. The number of fused-ring (bicyclic) bond motifs is 3. The summed E-state index contributed by atoms with van der Waals surface area (Å²) in [7, 11) is 1.66. The molecule has 1 fully saturated rings. The SMILES string of the molecule is COc1cc2c(cc1-c1c(C)noc1C)[nH]c1nc(C)nc(-c3cc(C(=O)N[C@H]4CC[C@@H](O)CC4)cc(C(C)(C)C)c3)c12. The number of nitrogens with zero attached hydrogens (tertiary/aromatic N) is 3. The summed E-state index contributed by atoms with van der Waals surface area (Å²) in [5, 5.41) is 19.0. The van der Waals surface area contributed by atoms with Crippen molar-refractivity contribution in [2.75, 3.05) is 7.11 Å². The maximum Gasteiger partial charge on any atom is 0.251 e. The van der Waals surface area contributed by atoms with Crippen molar-refractivity contribution in [1.82, 2.24) is 25.4 Å². The minimum atomic E-state index is -0.275. The number of benzene rings is 2. The molecule has 9 nitrogen and oxygen atoms in total. The van der Waals surface area contributed by atoms with Gasteiger partial charge in [-0.25, -0.2) is 9.97 Å². The topological polar surface area (TPSA) is 126 Å². The van der Waals surface area contributed by atoms with Gasteiger partial charge in [-0.15, -0.1) is 0 Å². The maximum absolute atomic E-state index is 13.6. The number of hydrogen-bond donors (Lipinski definition) is 3. The van der Waals surface area contributed by atoms with E-state index in [1.165, 1.54) is 0 Å². The number of hydrogen-bond acceptors (Lipinski definition) is 7. The zero-order chi connectivity index (χ0) is 30.6. The zero-order valence-corrected chi connectivity index (χ0v) is 25.9. The van der Waals surface area contributed by atoms with Crippen LogP contribution in [0.1, 0.15) is 79.7 Å². The molecule has 43 heavy (non-hydrogen) atoms. The van der Waals surface area contributed by atoms with Crippen LogP contribution in [0.15, 0.2) is 34.9 Å². The van der Waals surface area contributed by atoms with Crippen LogP contribution in [0, 0.1) is 20.8 Å². The molecular weight excluding hydrogens is 542 g/mol. The van der Waals surface area contributed by atoms with Gasteiger partial charge in [-0.1, -0.05) is 25.9 Å². The Kier molecular flexibility index (Phi) is 7.24. The number of aromatic amines is 1. The molecule has 3 N–H and O–H groups in total. The molecule has 0 spiro atoms. The van der Waals surface area contributed by atoms with Gasteiger partial charge in [0.2, 0.25) is 0 Å². The zero-order valence-electron chi connectivity index (χ0n) is 25.9. The molecule has 224 valence electrons. The Balaban J connectivity index is 1.52. The number of nitrogens with one attached hydrogen (secondary N) is 2. The first-order valence-corrected chi connectivity index (χ1v) is 14.9. The van der Waals surface area contributed by atoms with Gasteiger partial charge in [0.1, 0.15) is 23.0 Å². The van der Waals surface area contributed by atoms with E-state index in [1.54, 1.807) is 7.11 Å². The molecule has 1 aliphatic carbocycles. The van der Waals surface area contributed by atoms with E-state index in [4.69, 9.17) is 19.2 Å². The molecule has 3 heterocycles. The molecule has 0 bridgehead atoms. The van der Waals surface area contributed by atoms with E-state index >= 15 is 0 Å². The number of rotatable bonds is 5. The fourth-order valence-electron chi connectivity index (χ4n) is 6.19. The minimum absolute atomic E-state index is 0.0543. The number of H-pyrrole nitrogens is 1. The molecular formula is C34H39N5O4. The second-order valence-corrected chi connectivity index (χ2v) is 12.8. The number of aliphatic hydroxyl groups excluding tert-OH is 1. The summed E-state index contributed by atoms with van der Waals surface area (Å²) >= 11 is 0. The van der Waals surface area contributed by atoms with Crippen molar-refractivity contribution in [1.29, 1.82) is 0 Å². The maximum atomic E-state index is 13.6. The van der Waals surface area contributed by atoms with E-state index in [0.717, 1.165) is 68.5 Å². The first kappa shape index (κ1) is 28.9.